The summed E-state index contributed by atoms with van der Waals surface area (Å²) < 4.78 is 0.526. The van der Waals surface area contributed by atoms with Crippen molar-refractivity contribution >= 4 is 33.5 Å². The smallest absolute Gasteiger partial charge is 0.335 e. The quantitative estimate of drug-likeness (QED) is 0.899. The van der Waals surface area contributed by atoms with Crippen LogP contribution in [0.25, 0.3) is 0 Å². The topological polar surface area (TPSA) is 66.4 Å². The zero-order valence-corrected chi connectivity index (χ0v) is 12.3. The van der Waals surface area contributed by atoms with Crippen LogP contribution in [-0.4, -0.2) is 17.0 Å². The van der Waals surface area contributed by atoms with E-state index in [1.54, 1.807) is 18.2 Å². The third-order valence-corrected chi connectivity index (χ3v) is 3.43. The summed E-state index contributed by atoms with van der Waals surface area (Å²) in [6.45, 7) is 1.95. The van der Waals surface area contributed by atoms with Crippen LogP contribution >= 0.6 is 15.9 Å². The van der Waals surface area contributed by atoms with Gasteiger partial charge in [0, 0.05) is 10.0 Å². The van der Waals surface area contributed by atoms with Crippen LogP contribution in [0.5, 0.6) is 0 Å². The molecule has 0 radical (unpaired) electrons. The number of aryl methyl sites for hydroxylation is 1. The molecule has 2 aromatic rings. The van der Waals surface area contributed by atoms with Crippen LogP contribution in [-0.2, 0) is 0 Å². The Morgan fingerprint density at radius 2 is 1.65 bits per heavy atom. The third kappa shape index (κ3) is 3.24. The first-order valence-electron chi connectivity index (χ1n) is 5.88. The molecule has 0 saturated carbocycles. The number of halogens is 1. The molecule has 5 heteroatoms. The van der Waals surface area contributed by atoms with Gasteiger partial charge in [0.25, 0.3) is 5.91 Å². The molecule has 0 fully saturated rings. The van der Waals surface area contributed by atoms with Gasteiger partial charge in [-0.1, -0.05) is 17.7 Å². The highest BCUT2D eigenvalue weighted by molar-refractivity contribution is 9.10. The van der Waals surface area contributed by atoms with Gasteiger partial charge in [-0.15, -0.1) is 0 Å². The van der Waals surface area contributed by atoms with Crippen molar-refractivity contribution in [3.63, 3.8) is 0 Å². The molecule has 0 atom stereocenters. The molecule has 0 saturated heterocycles. The number of carbonyl (C=O) groups excluding carboxylic acids is 1. The van der Waals surface area contributed by atoms with Crippen molar-refractivity contribution in [1.82, 2.24) is 0 Å². The van der Waals surface area contributed by atoms with Crippen molar-refractivity contribution in [2.24, 2.45) is 0 Å². The maximum atomic E-state index is 12.0. The number of rotatable bonds is 3. The molecule has 0 bridgehead atoms. The standard InChI is InChI=1S/C15H12BrNO3/c1-9-2-4-10(5-3-9)14(18)17-13-7-6-11(15(19)20)8-12(13)16/h2-8H,1H3,(H,17,18)(H,19,20). The van der Waals surface area contributed by atoms with E-state index in [1.807, 2.05) is 19.1 Å². The Bertz CT molecular complexity index is 665. The van der Waals surface area contributed by atoms with Gasteiger partial charge in [-0.25, -0.2) is 4.79 Å². The fourth-order valence-electron chi connectivity index (χ4n) is 1.65. The van der Waals surface area contributed by atoms with Gasteiger partial charge in [-0.05, 0) is 53.2 Å². The van der Waals surface area contributed by atoms with Gasteiger partial charge in [0.05, 0.1) is 11.3 Å². The lowest BCUT2D eigenvalue weighted by Crippen LogP contribution is -2.12. The molecule has 102 valence electrons. The van der Waals surface area contributed by atoms with Crippen molar-refractivity contribution in [3.05, 3.63) is 63.6 Å². The zero-order chi connectivity index (χ0) is 14.7. The van der Waals surface area contributed by atoms with Crippen LogP contribution in [0.2, 0.25) is 0 Å². The second-order valence-corrected chi connectivity index (χ2v) is 5.17. The molecule has 20 heavy (non-hydrogen) atoms. The Balaban J connectivity index is 2.19. The molecule has 0 aliphatic rings. The van der Waals surface area contributed by atoms with E-state index in [-0.39, 0.29) is 11.5 Å². The van der Waals surface area contributed by atoms with Crippen molar-refractivity contribution in [3.8, 4) is 0 Å². The molecule has 2 rings (SSSR count). The number of hydrogen-bond acceptors (Lipinski definition) is 2. The first-order chi connectivity index (χ1) is 9.47. The molecule has 2 N–H and O–H groups in total. The molecule has 0 unspecified atom stereocenters. The van der Waals surface area contributed by atoms with Gasteiger partial charge >= 0.3 is 5.97 Å². The number of amides is 1. The molecular weight excluding hydrogens is 322 g/mol. The number of nitrogens with one attached hydrogen (secondary N) is 1. The number of carboxylic acid groups (broad SMARTS) is 1. The SMILES string of the molecule is Cc1ccc(C(=O)Nc2ccc(C(=O)O)cc2Br)cc1. The summed E-state index contributed by atoms with van der Waals surface area (Å²) in [4.78, 5) is 22.9. The Labute approximate surface area is 124 Å². The van der Waals surface area contributed by atoms with Gasteiger partial charge in [0.1, 0.15) is 0 Å². The molecule has 0 aliphatic carbocycles. The summed E-state index contributed by atoms with van der Waals surface area (Å²) in [5.74, 6) is -1.25. The van der Waals surface area contributed by atoms with Crippen LogP contribution in [0.15, 0.2) is 46.9 Å². The minimum Gasteiger partial charge on any atom is -0.478 e. The highest BCUT2D eigenvalue weighted by atomic mass is 79.9. The van der Waals surface area contributed by atoms with Crippen LogP contribution in [0.3, 0.4) is 0 Å². The lowest BCUT2D eigenvalue weighted by molar-refractivity contribution is 0.0696. The third-order valence-electron chi connectivity index (χ3n) is 2.78. The predicted octanol–water partition coefficient (Wildman–Crippen LogP) is 3.71. The molecule has 0 spiro atoms. The van der Waals surface area contributed by atoms with E-state index in [9.17, 15) is 9.59 Å². The number of carbonyl (C=O) groups is 2. The maximum absolute atomic E-state index is 12.0. The van der Waals surface area contributed by atoms with E-state index in [0.717, 1.165) is 5.56 Å². The van der Waals surface area contributed by atoms with Gasteiger partial charge in [-0.3, -0.25) is 4.79 Å². The first kappa shape index (κ1) is 14.3. The van der Waals surface area contributed by atoms with Crippen molar-refractivity contribution < 1.29 is 14.7 Å². The minimum atomic E-state index is -1.01. The Morgan fingerprint density at radius 1 is 1.05 bits per heavy atom. The van der Waals surface area contributed by atoms with E-state index in [2.05, 4.69) is 21.2 Å². The van der Waals surface area contributed by atoms with E-state index in [4.69, 9.17) is 5.11 Å². The summed E-state index contributed by atoms with van der Waals surface area (Å²) in [5, 5.41) is 11.6. The summed E-state index contributed by atoms with van der Waals surface area (Å²) in [6, 6.07) is 11.6. The molecule has 0 heterocycles. The van der Waals surface area contributed by atoms with Gasteiger partial charge in [0.2, 0.25) is 0 Å². The number of carboxylic acids is 1. The summed E-state index contributed by atoms with van der Waals surface area (Å²) in [7, 11) is 0. The summed E-state index contributed by atoms with van der Waals surface area (Å²) in [6.07, 6.45) is 0. The van der Waals surface area contributed by atoms with Gasteiger partial charge in [0.15, 0.2) is 0 Å². The Morgan fingerprint density at radius 3 is 2.20 bits per heavy atom. The Hall–Kier alpha value is -2.14. The summed E-state index contributed by atoms with van der Waals surface area (Å²) >= 11 is 3.25. The zero-order valence-electron chi connectivity index (χ0n) is 10.7. The lowest BCUT2D eigenvalue weighted by atomic mass is 10.1. The van der Waals surface area contributed by atoms with E-state index >= 15 is 0 Å². The lowest BCUT2D eigenvalue weighted by Gasteiger charge is -2.08. The largest absolute Gasteiger partial charge is 0.478 e. The molecule has 2 aromatic carbocycles. The average Bonchev–Trinajstić information content (AvgIpc) is 2.41. The fraction of sp³-hybridized carbons (Fsp3) is 0.0667. The molecule has 4 nitrogen and oxygen atoms in total. The summed E-state index contributed by atoms with van der Waals surface area (Å²) in [5.41, 5.74) is 2.31. The number of benzene rings is 2. The van der Waals surface area contributed by atoms with Crippen LogP contribution in [0.1, 0.15) is 26.3 Å². The molecule has 0 aliphatic heterocycles. The van der Waals surface area contributed by atoms with E-state index < -0.39 is 5.97 Å². The van der Waals surface area contributed by atoms with E-state index in [1.165, 1.54) is 12.1 Å². The maximum Gasteiger partial charge on any atom is 0.335 e. The fourth-order valence-corrected chi connectivity index (χ4v) is 2.13. The predicted molar refractivity (Wildman–Crippen MR) is 80.2 cm³/mol. The second-order valence-electron chi connectivity index (χ2n) is 4.32. The van der Waals surface area contributed by atoms with Gasteiger partial charge < -0.3 is 10.4 Å². The van der Waals surface area contributed by atoms with E-state index in [0.29, 0.717) is 15.7 Å². The monoisotopic (exact) mass is 333 g/mol. The molecule has 1 amide bonds. The van der Waals surface area contributed by atoms with Gasteiger partial charge in [-0.2, -0.15) is 0 Å². The average molecular weight is 334 g/mol. The minimum absolute atomic E-state index is 0.158. The second kappa shape index (κ2) is 5.88. The Kier molecular flexibility index (Phi) is 4.20. The van der Waals surface area contributed by atoms with Crippen molar-refractivity contribution in [2.75, 3.05) is 5.32 Å². The van der Waals surface area contributed by atoms with Crippen LogP contribution in [0, 0.1) is 6.92 Å². The normalized spacial score (nSPS) is 10.1. The van der Waals surface area contributed by atoms with Crippen molar-refractivity contribution in [1.29, 1.82) is 0 Å². The highest BCUT2D eigenvalue weighted by Crippen LogP contribution is 2.24. The number of hydrogen-bond donors (Lipinski definition) is 2. The molecular formula is C15H12BrNO3. The highest BCUT2D eigenvalue weighted by Gasteiger charge is 2.10. The first-order valence-corrected chi connectivity index (χ1v) is 6.67. The van der Waals surface area contributed by atoms with Crippen molar-refractivity contribution in [2.45, 2.75) is 6.92 Å². The van der Waals surface area contributed by atoms with Crippen LogP contribution in [0.4, 0.5) is 5.69 Å². The number of anilines is 1. The molecule has 0 aromatic heterocycles. The van der Waals surface area contributed by atoms with Crippen LogP contribution < -0.4 is 5.32 Å². The number of aromatic carboxylic acids is 1.